The molecule has 0 fully saturated rings. The molecule has 0 aliphatic carbocycles. The highest BCUT2D eigenvalue weighted by molar-refractivity contribution is 5.94. The Balaban J connectivity index is 2.02. The molecule has 0 atom stereocenters. The average Bonchev–Trinajstić information content (AvgIpc) is 3.05. The number of carbonyl (C=O) groups is 1. The standard InChI is InChI=1S/C12H11N5O3/c13-14-11(18)8-4-6-20-9(8)7-17-12(19)16-5-2-1-3-10(16)15-17/h1-6H,7,13H2,(H,14,18). The molecule has 0 unspecified atom stereocenters. The molecule has 8 heteroatoms. The van der Waals surface area contributed by atoms with Gasteiger partial charge in [0.1, 0.15) is 12.3 Å². The third-order valence-electron chi connectivity index (χ3n) is 2.90. The van der Waals surface area contributed by atoms with Gasteiger partial charge in [0.25, 0.3) is 5.91 Å². The quantitative estimate of drug-likeness (QED) is 0.388. The lowest BCUT2D eigenvalue weighted by Crippen LogP contribution is -2.31. The first kappa shape index (κ1) is 12.2. The molecular weight excluding hydrogens is 262 g/mol. The first-order chi connectivity index (χ1) is 9.70. The second kappa shape index (κ2) is 4.67. The summed E-state index contributed by atoms with van der Waals surface area (Å²) in [6, 6.07) is 6.72. The van der Waals surface area contributed by atoms with Crippen LogP contribution in [0.15, 0.2) is 45.9 Å². The number of aromatic nitrogens is 3. The number of hydrogen-bond donors (Lipinski definition) is 2. The minimum Gasteiger partial charge on any atom is -0.467 e. The molecule has 102 valence electrons. The molecule has 0 aliphatic heterocycles. The van der Waals surface area contributed by atoms with Gasteiger partial charge in [-0.1, -0.05) is 6.07 Å². The van der Waals surface area contributed by atoms with Gasteiger partial charge in [0.05, 0.1) is 11.8 Å². The molecule has 0 radical (unpaired) electrons. The van der Waals surface area contributed by atoms with Crippen molar-refractivity contribution in [2.45, 2.75) is 6.54 Å². The molecule has 0 saturated heterocycles. The largest absolute Gasteiger partial charge is 0.467 e. The fraction of sp³-hybridized carbons (Fsp3) is 0.0833. The Hall–Kier alpha value is -2.87. The second-order valence-corrected chi connectivity index (χ2v) is 4.10. The molecule has 8 nitrogen and oxygen atoms in total. The number of nitrogens with one attached hydrogen (secondary N) is 1. The summed E-state index contributed by atoms with van der Waals surface area (Å²) >= 11 is 0. The smallest absolute Gasteiger partial charge is 0.350 e. The van der Waals surface area contributed by atoms with Crippen LogP contribution < -0.4 is 17.0 Å². The van der Waals surface area contributed by atoms with Crippen LogP contribution >= 0.6 is 0 Å². The molecule has 0 aliphatic rings. The van der Waals surface area contributed by atoms with Gasteiger partial charge in [0.15, 0.2) is 5.65 Å². The van der Waals surface area contributed by atoms with Crippen molar-refractivity contribution in [2.24, 2.45) is 5.84 Å². The van der Waals surface area contributed by atoms with Crippen LogP contribution in [-0.4, -0.2) is 20.1 Å². The van der Waals surface area contributed by atoms with Crippen LogP contribution in [0.1, 0.15) is 16.1 Å². The van der Waals surface area contributed by atoms with Gasteiger partial charge in [0, 0.05) is 6.20 Å². The van der Waals surface area contributed by atoms with Crippen molar-refractivity contribution < 1.29 is 9.21 Å². The number of amides is 1. The molecule has 3 aromatic rings. The predicted molar refractivity (Wildman–Crippen MR) is 68.9 cm³/mol. The number of pyridine rings is 1. The Labute approximate surface area is 112 Å². The average molecular weight is 273 g/mol. The number of nitrogens with two attached hydrogens (primary N) is 1. The van der Waals surface area contributed by atoms with E-state index in [2.05, 4.69) is 5.10 Å². The van der Waals surface area contributed by atoms with Crippen LogP contribution in [0, 0.1) is 0 Å². The van der Waals surface area contributed by atoms with Crippen LogP contribution in [0.5, 0.6) is 0 Å². The van der Waals surface area contributed by atoms with E-state index < -0.39 is 5.91 Å². The molecule has 1 amide bonds. The zero-order valence-corrected chi connectivity index (χ0v) is 10.3. The van der Waals surface area contributed by atoms with E-state index in [0.717, 1.165) is 0 Å². The van der Waals surface area contributed by atoms with E-state index in [1.54, 1.807) is 24.4 Å². The second-order valence-electron chi connectivity index (χ2n) is 4.10. The molecular formula is C12H11N5O3. The van der Waals surface area contributed by atoms with Gasteiger partial charge < -0.3 is 4.42 Å². The molecule has 0 saturated carbocycles. The van der Waals surface area contributed by atoms with Gasteiger partial charge in [-0.2, -0.15) is 0 Å². The normalized spacial score (nSPS) is 10.8. The van der Waals surface area contributed by atoms with Crippen LogP contribution in [-0.2, 0) is 6.54 Å². The SMILES string of the molecule is NNC(=O)c1ccoc1Cn1nc2ccccn2c1=O. The number of nitrogens with zero attached hydrogens (tertiary/aromatic N) is 3. The molecule has 0 bridgehead atoms. The van der Waals surface area contributed by atoms with Gasteiger partial charge in [-0.15, -0.1) is 5.10 Å². The van der Waals surface area contributed by atoms with Crippen molar-refractivity contribution in [1.82, 2.24) is 19.6 Å². The van der Waals surface area contributed by atoms with E-state index in [-0.39, 0.29) is 17.8 Å². The number of hydrazine groups is 1. The van der Waals surface area contributed by atoms with Crippen molar-refractivity contribution in [1.29, 1.82) is 0 Å². The Bertz CT molecular complexity index is 829. The molecule has 3 N–H and O–H groups in total. The lowest BCUT2D eigenvalue weighted by atomic mass is 10.2. The number of hydrogen-bond acceptors (Lipinski definition) is 5. The van der Waals surface area contributed by atoms with Crippen LogP contribution in [0.2, 0.25) is 0 Å². The number of fused-ring (bicyclic) bond motifs is 1. The summed E-state index contributed by atoms with van der Waals surface area (Å²) in [7, 11) is 0. The summed E-state index contributed by atoms with van der Waals surface area (Å²) in [5, 5.41) is 4.16. The van der Waals surface area contributed by atoms with E-state index in [4.69, 9.17) is 10.3 Å². The van der Waals surface area contributed by atoms with Gasteiger partial charge >= 0.3 is 5.69 Å². The number of rotatable bonds is 3. The molecule has 3 heterocycles. The van der Waals surface area contributed by atoms with Crippen LogP contribution in [0.3, 0.4) is 0 Å². The highest BCUT2D eigenvalue weighted by atomic mass is 16.3. The van der Waals surface area contributed by atoms with Gasteiger partial charge in [-0.3, -0.25) is 14.6 Å². The third-order valence-corrected chi connectivity index (χ3v) is 2.90. The number of carbonyl (C=O) groups excluding carboxylic acids is 1. The van der Waals surface area contributed by atoms with E-state index >= 15 is 0 Å². The van der Waals surface area contributed by atoms with Crippen molar-refractivity contribution in [3.8, 4) is 0 Å². The van der Waals surface area contributed by atoms with Crippen molar-refractivity contribution in [3.63, 3.8) is 0 Å². The third kappa shape index (κ3) is 1.88. The Kier molecular flexibility index (Phi) is 2.84. The van der Waals surface area contributed by atoms with Crippen molar-refractivity contribution in [3.05, 3.63) is 58.5 Å². The Morgan fingerprint density at radius 2 is 2.25 bits per heavy atom. The summed E-state index contributed by atoms with van der Waals surface area (Å²) < 4.78 is 7.85. The van der Waals surface area contributed by atoms with E-state index in [0.29, 0.717) is 11.4 Å². The summed E-state index contributed by atoms with van der Waals surface area (Å²) in [4.78, 5) is 23.6. The van der Waals surface area contributed by atoms with Crippen molar-refractivity contribution >= 4 is 11.6 Å². The molecule has 0 aromatic carbocycles. The Morgan fingerprint density at radius 3 is 3.00 bits per heavy atom. The zero-order valence-electron chi connectivity index (χ0n) is 10.3. The van der Waals surface area contributed by atoms with Crippen LogP contribution in [0.25, 0.3) is 5.65 Å². The summed E-state index contributed by atoms with van der Waals surface area (Å²) in [6.45, 7) is 0.0519. The maximum Gasteiger partial charge on any atom is 0.350 e. The van der Waals surface area contributed by atoms with Crippen molar-refractivity contribution in [2.75, 3.05) is 0 Å². The monoisotopic (exact) mass is 273 g/mol. The summed E-state index contributed by atoms with van der Waals surface area (Å²) in [6.07, 6.45) is 2.98. The molecule has 20 heavy (non-hydrogen) atoms. The molecule has 3 rings (SSSR count). The fourth-order valence-corrected chi connectivity index (χ4v) is 1.95. The van der Waals surface area contributed by atoms with E-state index in [1.165, 1.54) is 21.4 Å². The number of nitrogen functional groups attached to an aromatic ring is 1. The summed E-state index contributed by atoms with van der Waals surface area (Å²) in [5.74, 6) is 4.92. The van der Waals surface area contributed by atoms with Crippen LogP contribution in [0.4, 0.5) is 0 Å². The minimum atomic E-state index is -0.481. The highest BCUT2D eigenvalue weighted by Gasteiger charge is 2.16. The molecule has 3 aromatic heterocycles. The van der Waals surface area contributed by atoms with Gasteiger partial charge in [-0.25, -0.2) is 15.3 Å². The highest BCUT2D eigenvalue weighted by Crippen LogP contribution is 2.11. The number of furan rings is 1. The predicted octanol–water partition coefficient (Wildman–Crippen LogP) is -0.259. The topological polar surface area (TPSA) is 108 Å². The lowest BCUT2D eigenvalue weighted by molar-refractivity contribution is 0.0951. The maximum atomic E-state index is 12.1. The van der Waals surface area contributed by atoms with E-state index in [9.17, 15) is 9.59 Å². The zero-order chi connectivity index (χ0) is 14.1. The summed E-state index contributed by atoms with van der Waals surface area (Å²) in [5.41, 5.74) is 2.51. The maximum absolute atomic E-state index is 12.1. The minimum absolute atomic E-state index is 0.0519. The fourth-order valence-electron chi connectivity index (χ4n) is 1.95. The lowest BCUT2D eigenvalue weighted by Gasteiger charge is -2.00. The molecule has 0 spiro atoms. The van der Waals surface area contributed by atoms with E-state index in [1.807, 2.05) is 5.43 Å². The Morgan fingerprint density at radius 1 is 1.40 bits per heavy atom. The first-order valence-corrected chi connectivity index (χ1v) is 5.82. The van der Waals surface area contributed by atoms with Gasteiger partial charge in [-0.05, 0) is 18.2 Å². The first-order valence-electron chi connectivity index (χ1n) is 5.82. The van der Waals surface area contributed by atoms with Gasteiger partial charge in [0.2, 0.25) is 0 Å².